The SMILES string of the molecule is COC(=O)CN(C)c1ccc(C(N)=S)cc1F. The van der Waals surface area contributed by atoms with E-state index in [-0.39, 0.29) is 17.2 Å². The van der Waals surface area contributed by atoms with Crippen LogP contribution in [0.15, 0.2) is 18.2 Å². The Bertz CT molecular complexity index is 451. The van der Waals surface area contributed by atoms with Crippen molar-refractivity contribution in [1.29, 1.82) is 0 Å². The number of thiocarbonyl (C=S) groups is 1. The Labute approximate surface area is 104 Å². The lowest BCUT2D eigenvalue weighted by atomic mass is 10.2. The number of hydrogen-bond donors (Lipinski definition) is 1. The molecule has 0 aromatic heterocycles. The zero-order valence-electron chi connectivity index (χ0n) is 9.57. The summed E-state index contributed by atoms with van der Waals surface area (Å²) in [6, 6.07) is 4.37. The molecule has 1 aromatic rings. The van der Waals surface area contributed by atoms with E-state index in [2.05, 4.69) is 4.74 Å². The number of methoxy groups -OCH3 is 1. The Morgan fingerprint density at radius 2 is 2.24 bits per heavy atom. The second-order valence-corrected chi connectivity index (χ2v) is 3.90. The van der Waals surface area contributed by atoms with Crippen molar-refractivity contribution < 1.29 is 13.9 Å². The number of halogens is 1. The van der Waals surface area contributed by atoms with Crippen LogP contribution in [0.25, 0.3) is 0 Å². The maximum absolute atomic E-state index is 13.7. The van der Waals surface area contributed by atoms with Crippen molar-refractivity contribution in [1.82, 2.24) is 0 Å². The molecule has 6 heteroatoms. The fourth-order valence-corrected chi connectivity index (χ4v) is 1.44. The van der Waals surface area contributed by atoms with Crippen LogP contribution in [0.4, 0.5) is 10.1 Å². The number of nitrogens with two attached hydrogens (primary N) is 1. The van der Waals surface area contributed by atoms with Crippen LogP contribution in [0, 0.1) is 5.82 Å². The average molecular weight is 256 g/mol. The molecule has 4 nitrogen and oxygen atoms in total. The molecular formula is C11H13FN2O2S. The lowest BCUT2D eigenvalue weighted by molar-refractivity contribution is -0.138. The van der Waals surface area contributed by atoms with E-state index in [9.17, 15) is 9.18 Å². The van der Waals surface area contributed by atoms with Gasteiger partial charge in [0.2, 0.25) is 0 Å². The van der Waals surface area contributed by atoms with E-state index in [1.165, 1.54) is 24.1 Å². The van der Waals surface area contributed by atoms with E-state index in [0.29, 0.717) is 5.56 Å². The van der Waals surface area contributed by atoms with Crippen molar-refractivity contribution in [2.75, 3.05) is 25.6 Å². The van der Waals surface area contributed by atoms with E-state index in [1.807, 2.05) is 0 Å². The molecule has 1 aromatic carbocycles. The van der Waals surface area contributed by atoms with Crippen LogP contribution in [0.2, 0.25) is 0 Å². The Morgan fingerprint density at radius 1 is 1.59 bits per heavy atom. The topological polar surface area (TPSA) is 55.6 Å². The number of ether oxygens (including phenoxy) is 1. The Morgan fingerprint density at radius 3 is 2.71 bits per heavy atom. The predicted octanol–water partition coefficient (Wildman–Crippen LogP) is 1.07. The third-order valence-corrected chi connectivity index (χ3v) is 2.47. The Hall–Kier alpha value is -1.69. The standard InChI is InChI=1S/C11H13FN2O2S/c1-14(6-10(15)16-2)9-4-3-7(11(13)17)5-8(9)12/h3-5H,6H2,1-2H3,(H2,13,17). The van der Waals surface area contributed by atoms with Crippen LogP contribution < -0.4 is 10.6 Å². The van der Waals surface area contributed by atoms with Gasteiger partial charge in [0, 0.05) is 12.6 Å². The molecule has 0 amide bonds. The minimum atomic E-state index is -0.485. The molecule has 0 saturated carbocycles. The minimum absolute atomic E-state index is 0.0279. The molecule has 0 radical (unpaired) electrons. The maximum Gasteiger partial charge on any atom is 0.325 e. The summed E-state index contributed by atoms with van der Waals surface area (Å²) in [5, 5.41) is 0. The van der Waals surface area contributed by atoms with Gasteiger partial charge >= 0.3 is 5.97 Å². The van der Waals surface area contributed by atoms with Gasteiger partial charge in [0.1, 0.15) is 17.4 Å². The van der Waals surface area contributed by atoms with Crippen molar-refractivity contribution in [2.45, 2.75) is 0 Å². The predicted molar refractivity (Wildman–Crippen MR) is 67.6 cm³/mol. The normalized spacial score (nSPS) is 9.82. The average Bonchev–Trinajstić information content (AvgIpc) is 2.28. The summed E-state index contributed by atoms with van der Waals surface area (Å²) in [7, 11) is 2.87. The molecule has 0 aliphatic heterocycles. The molecule has 0 unspecified atom stereocenters. The van der Waals surface area contributed by atoms with Crippen LogP contribution in [0.5, 0.6) is 0 Å². The molecule has 0 aliphatic carbocycles. The minimum Gasteiger partial charge on any atom is -0.468 e. The van der Waals surface area contributed by atoms with Crippen LogP contribution in [0.3, 0.4) is 0 Å². The zero-order chi connectivity index (χ0) is 13.0. The summed E-state index contributed by atoms with van der Waals surface area (Å²) in [6.45, 7) is -0.0279. The fraction of sp³-hybridized carbons (Fsp3) is 0.273. The van der Waals surface area contributed by atoms with Crippen LogP contribution in [0.1, 0.15) is 5.56 Å². The molecule has 0 fully saturated rings. The van der Waals surface area contributed by atoms with Crippen molar-refractivity contribution in [3.63, 3.8) is 0 Å². The van der Waals surface area contributed by atoms with Gasteiger partial charge in [0.25, 0.3) is 0 Å². The third-order valence-electron chi connectivity index (χ3n) is 2.24. The summed E-state index contributed by atoms with van der Waals surface area (Å²) in [4.78, 5) is 12.6. The Balaban J connectivity index is 2.92. The van der Waals surface area contributed by atoms with Gasteiger partial charge in [0.05, 0.1) is 12.8 Å². The third kappa shape index (κ3) is 3.39. The van der Waals surface area contributed by atoms with E-state index in [0.717, 1.165) is 0 Å². The molecule has 1 rings (SSSR count). The first-order valence-corrected chi connectivity index (χ1v) is 5.24. The number of hydrogen-bond acceptors (Lipinski definition) is 4. The van der Waals surface area contributed by atoms with Gasteiger partial charge in [-0.3, -0.25) is 4.79 Å². The highest BCUT2D eigenvalue weighted by Crippen LogP contribution is 2.19. The fourth-order valence-electron chi connectivity index (χ4n) is 1.31. The molecule has 0 bridgehead atoms. The van der Waals surface area contributed by atoms with E-state index < -0.39 is 11.8 Å². The quantitative estimate of drug-likeness (QED) is 0.645. The van der Waals surface area contributed by atoms with Gasteiger partial charge in [-0.15, -0.1) is 0 Å². The van der Waals surface area contributed by atoms with Crippen molar-refractivity contribution >= 4 is 28.9 Å². The van der Waals surface area contributed by atoms with Gasteiger partial charge < -0.3 is 15.4 Å². The first-order valence-electron chi connectivity index (χ1n) is 4.83. The first-order chi connectivity index (χ1) is 7.95. The number of nitrogens with zero attached hydrogens (tertiary/aromatic N) is 1. The summed E-state index contributed by atoms with van der Waals surface area (Å²) in [6.07, 6.45) is 0. The number of anilines is 1. The van der Waals surface area contributed by atoms with Gasteiger partial charge in [-0.25, -0.2) is 4.39 Å². The number of benzene rings is 1. The van der Waals surface area contributed by atoms with Crippen LogP contribution in [-0.2, 0) is 9.53 Å². The Kier molecular flexibility index (Phi) is 4.39. The highest BCUT2D eigenvalue weighted by Gasteiger charge is 2.12. The largest absolute Gasteiger partial charge is 0.468 e. The molecule has 0 atom stereocenters. The second kappa shape index (κ2) is 5.58. The van der Waals surface area contributed by atoms with E-state index in [1.54, 1.807) is 13.1 Å². The molecule has 0 saturated heterocycles. The molecule has 92 valence electrons. The molecule has 0 aliphatic rings. The summed E-state index contributed by atoms with van der Waals surface area (Å²) in [5.41, 5.74) is 6.13. The van der Waals surface area contributed by atoms with Gasteiger partial charge in [-0.1, -0.05) is 12.2 Å². The number of esters is 1. The molecular weight excluding hydrogens is 243 g/mol. The molecule has 2 N–H and O–H groups in total. The number of carbonyl (C=O) groups excluding carboxylic acids is 1. The zero-order valence-corrected chi connectivity index (χ0v) is 10.4. The molecule has 0 spiro atoms. The van der Waals surface area contributed by atoms with Gasteiger partial charge in [-0.2, -0.15) is 0 Å². The lowest BCUT2D eigenvalue weighted by Crippen LogP contribution is -2.27. The second-order valence-electron chi connectivity index (χ2n) is 3.46. The summed E-state index contributed by atoms with van der Waals surface area (Å²) in [5.74, 6) is -0.924. The summed E-state index contributed by atoms with van der Waals surface area (Å²) < 4.78 is 18.2. The molecule has 17 heavy (non-hydrogen) atoms. The van der Waals surface area contributed by atoms with Crippen molar-refractivity contribution in [3.8, 4) is 0 Å². The lowest BCUT2D eigenvalue weighted by Gasteiger charge is -2.18. The van der Waals surface area contributed by atoms with E-state index in [4.69, 9.17) is 18.0 Å². The number of carbonyl (C=O) groups is 1. The van der Waals surface area contributed by atoms with Crippen molar-refractivity contribution in [2.24, 2.45) is 5.73 Å². The summed E-state index contributed by atoms with van der Waals surface area (Å²) >= 11 is 4.74. The number of likely N-dealkylation sites (N-methyl/N-ethyl adjacent to an activating group) is 1. The highest BCUT2D eigenvalue weighted by molar-refractivity contribution is 7.80. The van der Waals surface area contributed by atoms with Crippen LogP contribution in [-0.4, -0.2) is 31.7 Å². The van der Waals surface area contributed by atoms with E-state index >= 15 is 0 Å². The van der Waals surface area contributed by atoms with Crippen molar-refractivity contribution in [3.05, 3.63) is 29.6 Å². The smallest absolute Gasteiger partial charge is 0.325 e. The van der Waals surface area contributed by atoms with Crippen LogP contribution >= 0.6 is 12.2 Å². The van der Waals surface area contributed by atoms with Gasteiger partial charge in [0.15, 0.2) is 0 Å². The number of rotatable bonds is 4. The highest BCUT2D eigenvalue weighted by atomic mass is 32.1. The monoisotopic (exact) mass is 256 g/mol. The first kappa shape index (κ1) is 13.4. The maximum atomic E-state index is 13.7. The molecule has 0 heterocycles. The van der Waals surface area contributed by atoms with Gasteiger partial charge in [-0.05, 0) is 18.2 Å².